The van der Waals surface area contributed by atoms with Crippen LogP contribution in [0.25, 0.3) is 0 Å². The summed E-state index contributed by atoms with van der Waals surface area (Å²) in [6, 6.07) is 12.2. The van der Waals surface area contributed by atoms with Gasteiger partial charge in [0.2, 0.25) is 0 Å². The van der Waals surface area contributed by atoms with Gasteiger partial charge in [-0.1, -0.05) is 0 Å². The number of hydrogen-bond donors (Lipinski definition) is 1. The zero-order valence-corrected chi connectivity index (χ0v) is 18.7. The first kappa shape index (κ1) is 18.4. The van der Waals surface area contributed by atoms with Crippen LogP contribution in [-0.4, -0.2) is 12.7 Å². The molecule has 0 radical (unpaired) electrons. The number of allylic oxidation sites excluding steroid dienone is 4. The average Bonchev–Trinajstić information content (AvgIpc) is 3.18. The second-order valence-corrected chi connectivity index (χ2v) is 18.9. The Morgan fingerprint density at radius 3 is 2.17 bits per heavy atom. The van der Waals surface area contributed by atoms with Crippen LogP contribution in [0.2, 0.25) is 6.55 Å². The van der Waals surface area contributed by atoms with Gasteiger partial charge in [-0.05, 0) is 0 Å². The molecule has 24 heavy (non-hydrogen) atoms. The normalized spacial score (nSPS) is 23.3. The summed E-state index contributed by atoms with van der Waals surface area (Å²) in [5.41, 5.74) is 4.83. The molecule has 129 valence electrons. The van der Waals surface area contributed by atoms with Crippen molar-refractivity contribution in [1.82, 2.24) is 3.80 Å². The Kier molecular flexibility index (Phi) is 6.03. The van der Waals surface area contributed by atoms with Crippen LogP contribution < -0.4 is 8.99 Å². The summed E-state index contributed by atoms with van der Waals surface area (Å²) in [6.45, 7) is 11.2. The van der Waals surface area contributed by atoms with E-state index in [4.69, 9.17) is 0 Å². The van der Waals surface area contributed by atoms with Crippen LogP contribution in [0, 0.1) is 5.92 Å². The Balaban J connectivity index is 1.93. The Morgan fingerprint density at radius 1 is 1.00 bits per heavy atom. The van der Waals surface area contributed by atoms with E-state index in [-0.39, 0.29) is 0 Å². The summed E-state index contributed by atoms with van der Waals surface area (Å²) in [6.07, 6.45) is 5.65. The topological polar surface area (TPSA) is 12.0 Å². The standard InChI is InChI=1S/C9H13.C7H9Si.C5H10N.Ti/c1-6-5-7(2)9(4)8(6)3;1-8-7-5-3-2-4-6-7;6-5-3-1-2-4-5;/h6H,1-4H3;2-6,8H,1H3;5-6H,1-4H2;/q;;-1;+1. The summed E-state index contributed by atoms with van der Waals surface area (Å²) in [5, 5.41) is 1.66. The van der Waals surface area contributed by atoms with Crippen molar-refractivity contribution >= 4 is 11.8 Å². The molecule has 2 aliphatic rings. The fourth-order valence-corrected chi connectivity index (χ4v) is 18.4. The molecule has 1 aromatic rings. The molecule has 1 fully saturated rings. The van der Waals surface area contributed by atoms with Gasteiger partial charge >= 0.3 is 156 Å². The third-order valence-electron chi connectivity index (χ3n) is 6.38. The van der Waals surface area contributed by atoms with Crippen LogP contribution in [0.5, 0.6) is 0 Å². The molecule has 0 aromatic heterocycles. The minimum atomic E-state index is -1.47. The quantitative estimate of drug-likeness (QED) is 0.745. The van der Waals surface area contributed by atoms with Gasteiger partial charge < -0.3 is 0 Å². The van der Waals surface area contributed by atoms with E-state index in [0.717, 1.165) is 6.04 Å². The summed E-state index contributed by atoms with van der Waals surface area (Å²) in [7, 11) is 0. The van der Waals surface area contributed by atoms with E-state index in [1.54, 1.807) is 21.9 Å². The van der Waals surface area contributed by atoms with E-state index < -0.39 is 24.0 Å². The second kappa shape index (κ2) is 7.87. The van der Waals surface area contributed by atoms with Gasteiger partial charge in [0.25, 0.3) is 0 Å². The molecule has 1 nitrogen and oxygen atoms in total. The van der Waals surface area contributed by atoms with Gasteiger partial charge in [-0.15, -0.1) is 0 Å². The maximum atomic E-state index is 4.30. The van der Waals surface area contributed by atoms with Gasteiger partial charge in [0.1, 0.15) is 0 Å². The van der Waals surface area contributed by atoms with Crippen molar-refractivity contribution in [2.45, 2.75) is 66.0 Å². The molecule has 2 aliphatic carbocycles. The van der Waals surface area contributed by atoms with Crippen molar-refractivity contribution in [1.29, 1.82) is 0 Å². The molecule has 3 heteroatoms. The van der Waals surface area contributed by atoms with E-state index in [1.807, 2.05) is 3.88 Å². The molecule has 2 atom stereocenters. The van der Waals surface area contributed by atoms with Crippen LogP contribution in [0.3, 0.4) is 0 Å². The van der Waals surface area contributed by atoms with Crippen LogP contribution in [0.4, 0.5) is 0 Å². The summed E-state index contributed by atoms with van der Waals surface area (Å²) < 4.78 is 6.16. The van der Waals surface area contributed by atoms with E-state index in [0.29, 0.717) is 5.92 Å². The first-order valence-corrected chi connectivity index (χ1v) is 16.2. The van der Waals surface area contributed by atoms with Gasteiger partial charge in [-0.2, -0.15) is 0 Å². The Morgan fingerprint density at radius 2 is 1.62 bits per heavy atom. The van der Waals surface area contributed by atoms with Gasteiger partial charge in [0, 0.05) is 0 Å². The molecular formula is C21H32NSiTi. The van der Waals surface area contributed by atoms with Crippen molar-refractivity contribution in [2.24, 2.45) is 5.92 Å². The predicted molar refractivity (Wildman–Crippen MR) is 105 cm³/mol. The Labute approximate surface area is 155 Å². The molecular weight excluding hydrogens is 342 g/mol. The Hall–Kier alpha value is -0.409. The average molecular weight is 374 g/mol. The fraction of sp³-hybridized carbons (Fsp3) is 0.524. The number of hydrogen-bond acceptors (Lipinski definition) is 1. The van der Waals surface area contributed by atoms with Gasteiger partial charge in [-0.25, -0.2) is 0 Å². The van der Waals surface area contributed by atoms with E-state index in [1.165, 1.54) is 25.7 Å². The second-order valence-electron chi connectivity index (χ2n) is 7.74. The third-order valence-corrected chi connectivity index (χ3v) is 19.5. The summed E-state index contributed by atoms with van der Waals surface area (Å²) in [5.74, 6) is 0.674. The van der Waals surface area contributed by atoms with E-state index in [9.17, 15) is 0 Å². The molecule has 0 aliphatic heterocycles. The van der Waals surface area contributed by atoms with Crippen LogP contribution >= 0.6 is 0 Å². The van der Waals surface area contributed by atoms with Crippen LogP contribution in [0.15, 0.2) is 50.9 Å². The maximum absolute atomic E-state index is 4.30. The zero-order chi connectivity index (χ0) is 17.3. The number of rotatable bonds is 5. The van der Waals surface area contributed by atoms with Crippen molar-refractivity contribution in [2.75, 3.05) is 0 Å². The van der Waals surface area contributed by atoms with Crippen molar-refractivity contribution < 1.29 is 17.4 Å². The van der Waals surface area contributed by atoms with Gasteiger partial charge in [0.05, 0.1) is 0 Å². The summed E-state index contributed by atoms with van der Waals surface area (Å²) >= 11 is -1.47. The van der Waals surface area contributed by atoms with E-state index >= 15 is 0 Å². The minimum absolute atomic E-state index is 0.674. The molecule has 2 unspecified atom stereocenters. The molecule has 0 spiro atoms. The monoisotopic (exact) mass is 374 g/mol. The molecule has 0 amide bonds. The summed E-state index contributed by atoms with van der Waals surface area (Å²) in [4.78, 5) is 0. The van der Waals surface area contributed by atoms with Crippen molar-refractivity contribution in [3.05, 3.63) is 50.9 Å². The molecule has 3 rings (SSSR count). The predicted octanol–water partition coefficient (Wildman–Crippen LogP) is 4.57. The van der Waals surface area contributed by atoms with E-state index in [2.05, 4.69) is 68.4 Å². The third kappa shape index (κ3) is 3.58. The van der Waals surface area contributed by atoms with Crippen molar-refractivity contribution in [3.8, 4) is 0 Å². The molecule has 0 heterocycles. The SMILES string of the molecule is CC1=C(C)C(C)[C]([Ti]([NH]C2CCCC2)[SiH](C)c2ccccc2)=C1C. The molecule has 1 saturated carbocycles. The first-order chi connectivity index (χ1) is 11.5. The molecule has 1 N–H and O–H groups in total. The van der Waals surface area contributed by atoms with Gasteiger partial charge in [-0.3, -0.25) is 0 Å². The van der Waals surface area contributed by atoms with Crippen LogP contribution in [-0.2, 0) is 17.4 Å². The molecule has 1 aromatic carbocycles. The number of benzene rings is 1. The number of nitrogens with one attached hydrogen (secondary N) is 1. The first-order valence-electron chi connectivity index (χ1n) is 9.58. The van der Waals surface area contributed by atoms with Crippen molar-refractivity contribution in [3.63, 3.8) is 0 Å². The van der Waals surface area contributed by atoms with Crippen LogP contribution in [0.1, 0.15) is 53.4 Å². The fourth-order valence-electron chi connectivity index (χ4n) is 4.43. The molecule has 0 bridgehead atoms. The van der Waals surface area contributed by atoms with Gasteiger partial charge in [0.15, 0.2) is 0 Å². The zero-order valence-electron chi connectivity index (χ0n) is 15.9. The Bertz CT molecular complexity index is 643. The molecule has 0 saturated heterocycles.